The van der Waals surface area contributed by atoms with E-state index in [-0.39, 0.29) is 0 Å². The number of aryl methyl sites for hydroxylation is 2. The molecule has 0 aliphatic rings. The topological polar surface area (TPSA) is 38.3 Å². The van der Waals surface area contributed by atoms with Crippen LogP contribution in [0.25, 0.3) is 6.08 Å². The summed E-state index contributed by atoms with van der Waals surface area (Å²) in [6.45, 7) is 4.87. The first-order valence-corrected chi connectivity index (χ1v) is 8.98. The van der Waals surface area contributed by atoms with Gasteiger partial charge < -0.3 is 10.1 Å². The fourth-order valence-corrected chi connectivity index (χ4v) is 2.57. The zero-order chi connectivity index (χ0) is 17.9. The molecule has 2 aromatic rings. The zero-order valence-electron chi connectivity index (χ0n) is 15.1. The van der Waals surface area contributed by atoms with Gasteiger partial charge in [-0.05, 0) is 54.5 Å². The first kappa shape index (κ1) is 18.8. The van der Waals surface area contributed by atoms with Gasteiger partial charge in [0.1, 0.15) is 5.75 Å². The summed E-state index contributed by atoms with van der Waals surface area (Å²) in [6.07, 6.45) is 8.99. The van der Waals surface area contributed by atoms with Gasteiger partial charge in [-0.2, -0.15) is 0 Å². The molecular weight excluding hydrogens is 310 g/mol. The number of carbonyl (C=O) groups excluding carboxylic acids is 1. The van der Waals surface area contributed by atoms with E-state index in [4.69, 9.17) is 4.74 Å². The van der Waals surface area contributed by atoms with Crippen molar-refractivity contribution in [2.24, 2.45) is 0 Å². The maximum Gasteiger partial charge on any atom is 0.211 e. The highest BCUT2D eigenvalue weighted by molar-refractivity contribution is 5.76. The number of hydrogen-bond acceptors (Lipinski definition) is 2. The van der Waals surface area contributed by atoms with Crippen LogP contribution in [0.4, 0.5) is 5.69 Å². The van der Waals surface area contributed by atoms with E-state index in [0.717, 1.165) is 31.2 Å². The van der Waals surface area contributed by atoms with Crippen molar-refractivity contribution in [1.29, 1.82) is 0 Å². The largest absolute Gasteiger partial charge is 0.491 e. The summed E-state index contributed by atoms with van der Waals surface area (Å²) in [5.74, 6) is 0.714. The van der Waals surface area contributed by atoms with Crippen LogP contribution in [0.2, 0.25) is 0 Å². The summed E-state index contributed by atoms with van der Waals surface area (Å²) in [7, 11) is 0. The molecule has 0 bridgehead atoms. The van der Waals surface area contributed by atoms with Crippen LogP contribution in [0.3, 0.4) is 0 Å². The molecule has 1 N–H and O–H groups in total. The van der Waals surface area contributed by atoms with Crippen LogP contribution in [0.1, 0.15) is 43.4 Å². The predicted molar refractivity (Wildman–Crippen MR) is 105 cm³/mol. The summed E-state index contributed by atoms with van der Waals surface area (Å²) in [5, 5.41) is 2.68. The molecular formula is C22H27NO2. The lowest BCUT2D eigenvalue weighted by molar-refractivity contribution is -0.105. The van der Waals surface area contributed by atoms with Crippen LogP contribution in [0.15, 0.2) is 48.5 Å². The molecule has 0 radical (unpaired) electrons. The molecule has 0 heterocycles. The van der Waals surface area contributed by atoms with Crippen LogP contribution < -0.4 is 10.1 Å². The summed E-state index contributed by atoms with van der Waals surface area (Å²) in [6, 6.07) is 14.7. The minimum absolute atomic E-state index is 0.633. The standard InChI is InChI=1S/C22H27NO2/c1-3-15-25-22-16-20(13-14-21(22)23-17-24)8-6-5-7-19-11-9-18(4-2)10-12-19/h6,8-14,16-17H,3-5,7,15H2,1-2H3,(H,23,24)/b8-6+. The molecule has 2 rings (SSSR count). The number of hydrogen-bond donors (Lipinski definition) is 1. The molecule has 1 amide bonds. The van der Waals surface area contributed by atoms with Gasteiger partial charge in [0.25, 0.3) is 0 Å². The lowest BCUT2D eigenvalue weighted by Gasteiger charge is -2.10. The third-order valence-electron chi connectivity index (χ3n) is 4.02. The highest BCUT2D eigenvalue weighted by Gasteiger charge is 2.03. The van der Waals surface area contributed by atoms with Crippen molar-refractivity contribution in [3.8, 4) is 5.75 Å². The molecule has 2 aromatic carbocycles. The van der Waals surface area contributed by atoms with E-state index in [9.17, 15) is 4.79 Å². The minimum atomic E-state index is 0.633. The number of anilines is 1. The van der Waals surface area contributed by atoms with Crippen LogP contribution in [0.5, 0.6) is 5.75 Å². The van der Waals surface area contributed by atoms with Crippen molar-refractivity contribution >= 4 is 18.2 Å². The number of rotatable bonds is 10. The maximum absolute atomic E-state index is 10.7. The van der Waals surface area contributed by atoms with Crippen molar-refractivity contribution in [2.45, 2.75) is 39.5 Å². The van der Waals surface area contributed by atoms with Crippen molar-refractivity contribution < 1.29 is 9.53 Å². The Kier molecular flexibility index (Phi) is 7.77. The van der Waals surface area contributed by atoms with Gasteiger partial charge in [-0.3, -0.25) is 4.79 Å². The van der Waals surface area contributed by atoms with Gasteiger partial charge >= 0.3 is 0 Å². The highest BCUT2D eigenvalue weighted by Crippen LogP contribution is 2.26. The lowest BCUT2D eigenvalue weighted by atomic mass is 10.1. The van der Waals surface area contributed by atoms with Gasteiger partial charge in [0, 0.05) is 0 Å². The second kappa shape index (κ2) is 10.3. The van der Waals surface area contributed by atoms with Crippen LogP contribution in [-0.4, -0.2) is 13.0 Å². The molecule has 0 aromatic heterocycles. The van der Waals surface area contributed by atoms with Gasteiger partial charge in [-0.15, -0.1) is 0 Å². The molecule has 0 atom stereocenters. The van der Waals surface area contributed by atoms with Crippen LogP contribution in [0, 0.1) is 0 Å². The molecule has 0 fully saturated rings. The third kappa shape index (κ3) is 6.11. The number of amides is 1. The number of ether oxygens (including phenoxy) is 1. The highest BCUT2D eigenvalue weighted by atomic mass is 16.5. The zero-order valence-corrected chi connectivity index (χ0v) is 15.1. The fourth-order valence-electron chi connectivity index (χ4n) is 2.57. The molecule has 0 aliphatic carbocycles. The minimum Gasteiger partial charge on any atom is -0.491 e. The summed E-state index contributed by atoms with van der Waals surface area (Å²) >= 11 is 0. The van der Waals surface area contributed by atoms with Crippen molar-refractivity contribution in [1.82, 2.24) is 0 Å². The Labute approximate surface area is 150 Å². The Bertz CT molecular complexity index is 690. The number of benzene rings is 2. The Morgan fingerprint density at radius 2 is 1.80 bits per heavy atom. The van der Waals surface area contributed by atoms with Crippen LogP contribution in [-0.2, 0) is 17.6 Å². The van der Waals surface area contributed by atoms with Crippen molar-refractivity contribution in [3.63, 3.8) is 0 Å². The SMILES string of the molecule is CCCOc1cc(/C=C/CCc2ccc(CC)cc2)ccc1NC=O. The Morgan fingerprint density at radius 1 is 1.04 bits per heavy atom. The van der Waals surface area contributed by atoms with E-state index in [1.807, 2.05) is 18.2 Å². The molecule has 0 aliphatic heterocycles. The Morgan fingerprint density at radius 3 is 2.48 bits per heavy atom. The summed E-state index contributed by atoms with van der Waals surface area (Å²) in [5.41, 5.74) is 4.52. The first-order valence-electron chi connectivity index (χ1n) is 8.98. The smallest absolute Gasteiger partial charge is 0.211 e. The summed E-state index contributed by atoms with van der Waals surface area (Å²) in [4.78, 5) is 10.7. The predicted octanol–water partition coefficient (Wildman–Crippen LogP) is 5.25. The molecule has 3 nitrogen and oxygen atoms in total. The van der Waals surface area contributed by atoms with Gasteiger partial charge in [0.2, 0.25) is 6.41 Å². The van der Waals surface area contributed by atoms with E-state index >= 15 is 0 Å². The van der Waals surface area contributed by atoms with Crippen LogP contribution >= 0.6 is 0 Å². The van der Waals surface area contributed by atoms with E-state index in [0.29, 0.717) is 24.5 Å². The number of allylic oxidation sites excluding steroid dienone is 1. The van der Waals surface area contributed by atoms with E-state index < -0.39 is 0 Å². The van der Waals surface area contributed by atoms with Gasteiger partial charge in [0.05, 0.1) is 12.3 Å². The molecule has 25 heavy (non-hydrogen) atoms. The molecule has 3 heteroatoms. The quantitative estimate of drug-likeness (QED) is 0.601. The Balaban J connectivity index is 1.95. The molecule has 0 saturated carbocycles. The second-order valence-corrected chi connectivity index (χ2v) is 5.98. The summed E-state index contributed by atoms with van der Waals surface area (Å²) < 4.78 is 5.72. The molecule has 132 valence electrons. The first-order chi connectivity index (χ1) is 12.3. The average Bonchev–Trinajstić information content (AvgIpc) is 2.65. The molecule has 0 unspecified atom stereocenters. The monoisotopic (exact) mass is 337 g/mol. The second-order valence-electron chi connectivity index (χ2n) is 5.98. The van der Waals surface area contributed by atoms with Gasteiger partial charge in [-0.25, -0.2) is 0 Å². The van der Waals surface area contributed by atoms with E-state index in [1.54, 1.807) is 0 Å². The number of nitrogens with one attached hydrogen (secondary N) is 1. The average molecular weight is 337 g/mol. The van der Waals surface area contributed by atoms with Crippen molar-refractivity contribution in [3.05, 3.63) is 65.2 Å². The maximum atomic E-state index is 10.7. The van der Waals surface area contributed by atoms with E-state index in [2.05, 4.69) is 55.6 Å². The van der Waals surface area contributed by atoms with Gasteiger partial charge in [0.15, 0.2) is 0 Å². The van der Waals surface area contributed by atoms with Gasteiger partial charge in [-0.1, -0.05) is 56.3 Å². The fraction of sp³-hybridized carbons (Fsp3) is 0.318. The molecule has 0 spiro atoms. The number of carbonyl (C=O) groups is 1. The third-order valence-corrected chi connectivity index (χ3v) is 4.02. The lowest BCUT2D eigenvalue weighted by Crippen LogP contribution is -2.01. The normalized spacial score (nSPS) is 10.8. The molecule has 0 saturated heterocycles. The van der Waals surface area contributed by atoms with E-state index in [1.165, 1.54) is 11.1 Å². The Hall–Kier alpha value is -2.55. The van der Waals surface area contributed by atoms with Crippen molar-refractivity contribution in [2.75, 3.05) is 11.9 Å².